The van der Waals surface area contributed by atoms with Gasteiger partial charge in [-0.2, -0.15) is 13.2 Å². The van der Waals surface area contributed by atoms with Gasteiger partial charge in [0, 0.05) is 16.4 Å². The van der Waals surface area contributed by atoms with E-state index in [0.29, 0.717) is 0 Å². The van der Waals surface area contributed by atoms with Gasteiger partial charge in [0.15, 0.2) is 0 Å². The fraction of sp³-hybridized carbons (Fsp3) is 0.0833. The van der Waals surface area contributed by atoms with Crippen LogP contribution in [0.4, 0.5) is 13.2 Å². The number of rotatable bonds is 2. The molecule has 0 unspecified atom stereocenters. The second-order valence-corrected chi connectivity index (χ2v) is 5.17. The molecule has 1 N–H and O–H groups in total. The summed E-state index contributed by atoms with van der Waals surface area (Å²) in [5.41, 5.74) is -1.05. The van der Waals surface area contributed by atoms with Crippen molar-refractivity contribution in [3.05, 3.63) is 51.2 Å². The molecule has 3 nitrogen and oxygen atoms in total. The number of aromatic carboxylic acids is 1. The summed E-state index contributed by atoms with van der Waals surface area (Å²) in [4.78, 5) is 11.0. The van der Waals surface area contributed by atoms with Crippen molar-refractivity contribution in [2.75, 3.05) is 0 Å². The van der Waals surface area contributed by atoms with E-state index in [2.05, 4.69) is 15.9 Å². The summed E-state index contributed by atoms with van der Waals surface area (Å²) in [6.07, 6.45) is -3.30. The number of halogens is 5. The van der Waals surface area contributed by atoms with E-state index in [4.69, 9.17) is 16.7 Å². The van der Waals surface area contributed by atoms with Crippen molar-refractivity contribution in [2.24, 2.45) is 0 Å². The standard InChI is InChI=1S/C12H6BrClF3NO2/c13-9-2-1-7(4-8(9)12(15,16)17)18-5-6(14)3-10(18)11(19)20/h1-5H,(H,19,20). The molecule has 0 spiro atoms. The highest BCUT2D eigenvalue weighted by Gasteiger charge is 2.33. The van der Waals surface area contributed by atoms with Gasteiger partial charge in [0.2, 0.25) is 0 Å². The molecule has 0 bridgehead atoms. The second kappa shape index (κ2) is 5.14. The van der Waals surface area contributed by atoms with Crippen molar-refractivity contribution in [3.63, 3.8) is 0 Å². The molecule has 0 amide bonds. The molecule has 0 saturated carbocycles. The van der Waals surface area contributed by atoms with Gasteiger partial charge >= 0.3 is 12.1 Å². The molecule has 8 heteroatoms. The van der Waals surface area contributed by atoms with E-state index in [1.807, 2.05) is 0 Å². The van der Waals surface area contributed by atoms with Crippen LogP contribution in [-0.4, -0.2) is 15.6 Å². The van der Waals surface area contributed by atoms with Crippen molar-refractivity contribution >= 4 is 33.5 Å². The molecular weight excluding hydrogens is 362 g/mol. The zero-order valence-corrected chi connectivity index (χ0v) is 11.9. The first kappa shape index (κ1) is 14.9. The van der Waals surface area contributed by atoms with Gasteiger partial charge in [0.1, 0.15) is 5.69 Å². The van der Waals surface area contributed by atoms with Crippen LogP contribution in [0.25, 0.3) is 5.69 Å². The molecule has 0 fully saturated rings. The molecule has 1 aromatic heterocycles. The Morgan fingerprint density at radius 2 is 1.95 bits per heavy atom. The molecule has 1 aromatic carbocycles. The van der Waals surface area contributed by atoms with E-state index in [-0.39, 0.29) is 20.9 Å². The Morgan fingerprint density at radius 1 is 1.30 bits per heavy atom. The minimum Gasteiger partial charge on any atom is -0.477 e. The fourth-order valence-corrected chi connectivity index (χ4v) is 2.36. The smallest absolute Gasteiger partial charge is 0.417 e. The number of alkyl halides is 3. The molecule has 0 aliphatic carbocycles. The van der Waals surface area contributed by atoms with Crippen molar-refractivity contribution in [2.45, 2.75) is 6.18 Å². The summed E-state index contributed by atoms with van der Waals surface area (Å²) >= 11 is 8.52. The first-order valence-electron chi connectivity index (χ1n) is 5.18. The molecule has 0 atom stereocenters. The number of hydrogen-bond donors (Lipinski definition) is 1. The number of carboxylic acids is 1. The number of aromatic nitrogens is 1. The normalized spacial score (nSPS) is 11.7. The number of hydrogen-bond acceptors (Lipinski definition) is 1. The third-order valence-electron chi connectivity index (χ3n) is 2.54. The van der Waals surface area contributed by atoms with E-state index in [1.165, 1.54) is 24.4 Å². The van der Waals surface area contributed by atoms with E-state index >= 15 is 0 Å². The monoisotopic (exact) mass is 367 g/mol. The van der Waals surface area contributed by atoms with Gasteiger partial charge in [-0.25, -0.2) is 4.79 Å². The van der Waals surface area contributed by atoms with Gasteiger partial charge in [0.25, 0.3) is 0 Å². The lowest BCUT2D eigenvalue weighted by Gasteiger charge is -2.12. The quantitative estimate of drug-likeness (QED) is 0.841. The first-order valence-corrected chi connectivity index (χ1v) is 6.35. The average Bonchev–Trinajstić information content (AvgIpc) is 2.70. The Balaban J connectivity index is 2.63. The summed E-state index contributed by atoms with van der Waals surface area (Å²) in [5.74, 6) is -1.28. The third-order valence-corrected chi connectivity index (χ3v) is 3.44. The zero-order chi connectivity index (χ0) is 15.1. The highest BCUT2D eigenvalue weighted by molar-refractivity contribution is 9.10. The maximum absolute atomic E-state index is 12.8. The van der Waals surface area contributed by atoms with Crippen LogP contribution in [0.1, 0.15) is 16.1 Å². The van der Waals surface area contributed by atoms with Crippen LogP contribution in [-0.2, 0) is 6.18 Å². The molecule has 0 radical (unpaired) electrons. The van der Waals surface area contributed by atoms with Crippen molar-refractivity contribution in [3.8, 4) is 5.69 Å². The van der Waals surface area contributed by atoms with Crippen LogP contribution in [0.3, 0.4) is 0 Å². The van der Waals surface area contributed by atoms with Crippen LogP contribution in [0, 0.1) is 0 Å². The number of nitrogens with zero attached hydrogens (tertiary/aromatic N) is 1. The molecule has 0 aliphatic heterocycles. The number of carbonyl (C=O) groups is 1. The minimum absolute atomic E-state index is 0.0600. The van der Waals surface area contributed by atoms with E-state index in [9.17, 15) is 18.0 Å². The predicted molar refractivity (Wildman–Crippen MR) is 70.4 cm³/mol. The van der Waals surface area contributed by atoms with Crippen LogP contribution in [0.2, 0.25) is 5.02 Å². The molecule has 20 heavy (non-hydrogen) atoms. The zero-order valence-electron chi connectivity index (χ0n) is 9.58. The number of carboxylic acid groups (broad SMARTS) is 1. The van der Waals surface area contributed by atoms with Crippen molar-refractivity contribution in [1.29, 1.82) is 0 Å². The van der Waals surface area contributed by atoms with Crippen LogP contribution >= 0.6 is 27.5 Å². The van der Waals surface area contributed by atoms with Gasteiger partial charge < -0.3 is 9.67 Å². The van der Waals surface area contributed by atoms with E-state index in [1.54, 1.807) is 0 Å². The first-order chi connectivity index (χ1) is 9.20. The second-order valence-electron chi connectivity index (χ2n) is 3.88. The maximum Gasteiger partial charge on any atom is 0.417 e. The Morgan fingerprint density at radius 3 is 2.50 bits per heavy atom. The van der Waals surface area contributed by atoms with Crippen LogP contribution < -0.4 is 0 Å². The highest BCUT2D eigenvalue weighted by atomic mass is 79.9. The largest absolute Gasteiger partial charge is 0.477 e. The van der Waals surface area contributed by atoms with Gasteiger partial charge in [-0.1, -0.05) is 27.5 Å². The average molecular weight is 369 g/mol. The SMILES string of the molecule is O=C(O)c1cc(Cl)cn1-c1ccc(Br)c(C(F)(F)F)c1. The predicted octanol–water partition coefficient (Wildman–Crippen LogP) is 4.61. The van der Waals surface area contributed by atoms with Crippen LogP contribution in [0.5, 0.6) is 0 Å². The lowest BCUT2D eigenvalue weighted by atomic mass is 10.2. The lowest BCUT2D eigenvalue weighted by Crippen LogP contribution is -2.09. The summed E-state index contributed by atoms with van der Waals surface area (Å²) in [6.45, 7) is 0. The Kier molecular flexibility index (Phi) is 3.84. The third kappa shape index (κ3) is 2.83. The minimum atomic E-state index is -4.55. The lowest BCUT2D eigenvalue weighted by molar-refractivity contribution is -0.138. The Bertz CT molecular complexity index is 682. The summed E-state index contributed by atoms with van der Waals surface area (Å²) in [5, 5.41) is 9.14. The van der Waals surface area contributed by atoms with Gasteiger partial charge in [-0.05, 0) is 24.3 Å². The molecule has 2 rings (SSSR count). The molecular formula is C12H6BrClF3NO2. The summed E-state index contributed by atoms with van der Waals surface area (Å²) < 4.78 is 39.4. The fourth-order valence-electron chi connectivity index (χ4n) is 1.69. The molecule has 0 aliphatic rings. The van der Waals surface area contributed by atoms with Gasteiger partial charge in [-0.3, -0.25) is 0 Å². The van der Waals surface area contributed by atoms with Crippen molar-refractivity contribution < 1.29 is 23.1 Å². The van der Waals surface area contributed by atoms with Crippen LogP contribution in [0.15, 0.2) is 34.9 Å². The Hall–Kier alpha value is -1.47. The summed E-state index contributed by atoms with van der Waals surface area (Å²) in [6, 6.07) is 4.59. The molecule has 2 aromatic rings. The van der Waals surface area contributed by atoms with E-state index in [0.717, 1.165) is 10.6 Å². The summed E-state index contributed by atoms with van der Waals surface area (Å²) in [7, 11) is 0. The van der Waals surface area contributed by atoms with Gasteiger partial charge in [-0.15, -0.1) is 0 Å². The molecule has 0 saturated heterocycles. The molecule has 106 valence electrons. The maximum atomic E-state index is 12.8. The molecule has 1 heterocycles. The van der Waals surface area contributed by atoms with Crippen molar-refractivity contribution in [1.82, 2.24) is 4.57 Å². The topological polar surface area (TPSA) is 42.2 Å². The van der Waals surface area contributed by atoms with E-state index < -0.39 is 17.7 Å². The number of benzene rings is 1. The Labute approximate surface area is 124 Å². The highest BCUT2D eigenvalue weighted by Crippen LogP contribution is 2.36. The van der Waals surface area contributed by atoms with Gasteiger partial charge in [0.05, 0.1) is 10.6 Å².